The number of benzene rings is 6. The molecular weight excluding hydrogens is 1030 g/mol. The minimum absolute atomic E-state index is 0.284. The van der Waals surface area contributed by atoms with Crippen LogP contribution in [0.2, 0.25) is 0 Å². The number of rotatable bonds is 9. The number of para-hydroxylation sites is 3. The minimum atomic E-state index is -4.78. The number of nitrogens with zero attached hydrogens (tertiary/aromatic N) is 5. The largest absolute Gasteiger partial charge is 0.573 e. The van der Waals surface area contributed by atoms with Crippen molar-refractivity contribution in [3.8, 4) is 51.0 Å². The van der Waals surface area contributed by atoms with Crippen molar-refractivity contribution < 1.29 is 63.3 Å². The van der Waals surface area contributed by atoms with Gasteiger partial charge in [-0.2, -0.15) is 4.99 Å². The number of urea groups is 1. The van der Waals surface area contributed by atoms with E-state index in [9.17, 15) is 49.1 Å². The van der Waals surface area contributed by atoms with Gasteiger partial charge in [0.25, 0.3) is 0 Å². The fourth-order valence-corrected chi connectivity index (χ4v) is 7.79. The van der Waals surface area contributed by atoms with E-state index in [1.807, 2.05) is 24.3 Å². The zero-order valence-corrected chi connectivity index (χ0v) is 39.2. The summed E-state index contributed by atoms with van der Waals surface area (Å²) >= 11 is 1.28. The number of pyridine rings is 3. The van der Waals surface area contributed by atoms with Crippen molar-refractivity contribution in [1.82, 2.24) is 19.9 Å². The van der Waals surface area contributed by atoms with Crippen molar-refractivity contribution in [2.45, 2.75) is 19.1 Å². The van der Waals surface area contributed by atoms with Crippen LogP contribution in [0.4, 0.5) is 66.5 Å². The number of aromatic nitrogens is 4. The number of nitrogens with one attached hydrogen (secondary N) is 2. The molecular formula is C53H33F9N8O5S. The predicted molar refractivity (Wildman–Crippen MR) is 269 cm³/mol. The molecule has 0 atom stereocenters. The third-order valence-electron chi connectivity index (χ3n) is 10.3. The molecule has 0 spiro atoms. The number of amides is 2. The molecule has 384 valence electrons. The summed E-state index contributed by atoms with van der Waals surface area (Å²) in [5.41, 5.74) is 11.6. The number of nitrogen functional groups attached to an aromatic ring is 1. The number of halogens is 9. The van der Waals surface area contributed by atoms with Crippen molar-refractivity contribution in [2.24, 2.45) is 4.99 Å². The highest BCUT2D eigenvalue weighted by Crippen LogP contribution is 2.34. The first-order valence-corrected chi connectivity index (χ1v) is 22.7. The molecule has 0 aliphatic carbocycles. The van der Waals surface area contributed by atoms with Gasteiger partial charge in [-0.3, -0.25) is 5.32 Å². The number of carbonyl (C=O) groups is 1. The molecule has 6 aromatic carbocycles. The average molecular weight is 1060 g/mol. The lowest BCUT2D eigenvalue weighted by Crippen LogP contribution is -2.19. The molecule has 0 bridgehead atoms. The summed E-state index contributed by atoms with van der Waals surface area (Å²) in [6.45, 7) is 0. The van der Waals surface area contributed by atoms with Gasteiger partial charge in [0.05, 0.1) is 45.0 Å². The summed E-state index contributed by atoms with van der Waals surface area (Å²) in [5, 5.41) is 9.90. The molecule has 4 heterocycles. The number of carbonyl (C=O) groups excluding carboxylic acids is 2. The van der Waals surface area contributed by atoms with Gasteiger partial charge in [0.15, 0.2) is 5.13 Å². The molecule has 13 nitrogen and oxygen atoms in total. The van der Waals surface area contributed by atoms with Gasteiger partial charge in [-0.15, -0.1) is 50.9 Å². The maximum Gasteiger partial charge on any atom is 0.573 e. The predicted octanol–water partition coefficient (Wildman–Crippen LogP) is 15.1. The fourth-order valence-electron chi connectivity index (χ4n) is 7.26. The summed E-state index contributed by atoms with van der Waals surface area (Å²) in [4.78, 5) is 43.7. The van der Waals surface area contributed by atoms with Crippen LogP contribution in [-0.2, 0) is 4.79 Å². The highest BCUT2D eigenvalue weighted by Gasteiger charge is 2.33. The first-order valence-electron chi connectivity index (χ1n) is 21.8. The van der Waals surface area contributed by atoms with E-state index in [-0.39, 0.29) is 17.2 Å². The van der Waals surface area contributed by atoms with Crippen molar-refractivity contribution >= 4 is 78.4 Å². The van der Waals surface area contributed by atoms with E-state index in [2.05, 4.69) is 49.8 Å². The Bertz CT molecular complexity index is 3740. The van der Waals surface area contributed by atoms with Crippen LogP contribution in [0.5, 0.6) is 17.2 Å². The van der Waals surface area contributed by atoms with Crippen LogP contribution < -0.4 is 30.6 Å². The summed E-state index contributed by atoms with van der Waals surface area (Å²) in [5.74, 6) is -0.954. The topological polar surface area (TPSA) is 176 Å². The molecule has 10 aromatic rings. The van der Waals surface area contributed by atoms with Crippen molar-refractivity contribution in [3.05, 3.63) is 175 Å². The van der Waals surface area contributed by atoms with Crippen LogP contribution in [-0.4, -0.2) is 51.1 Å². The molecule has 0 aliphatic heterocycles. The molecule has 4 aromatic heterocycles. The number of hydrogen-bond acceptors (Lipinski definition) is 12. The SMILES string of the molecule is Nc1cccc2ccc(-c3cccc(OC(F)(F)F)c3)nc12.O=C(Nc1nccs1)Nc1cccc2ccc(-c3cccc(OC(F)(F)F)c3)nc12.O=C=Nc1cccc2ccc(-c3cccc(OC(F)(F)F)c3)nc12. The summed E-state index contributed by atoms with van der Waals surface area (Å²) in [6, 6.07) is 42.5. The van der Waals surface area contributed by atoms with Crippen molar-refractivity contribution in [1.29, 1.82) is 0 Å². The molecule has 0 radical (unpaired) electrons. The second-order valence-electron chi connectivity index (χ2n) is 15.6. The Labute approximate surface area is 427 Å². The maximum atomic E-state index is 12.5. The Balaban J connectivity index is 0.000000153. The number of nitrogens with two attached hydrogens (primary N) is 1. The molecule has 76 heavy (non-hydrogen) atoms. The fraction of sp³-hybridized carbons (Fsp3) is 0.0566. The Morgan fingerprint density at radius 3 is 1.43 bits per heavy atom. The van der Waals surface area contributed by atoms with Gasteiger partial charge in [0, 0.05) is 44.4 Å². The average Bonchev–Trinajstić information content (AvgIpc) is 3.89. The number of alkyl halides is 9. The zero-order valence-electron chi connectivity index (χ0n) is 38.4. The Morgan fingerprint density at radius 2 is 0.961 bits per heavy atom. The van der Waals surface area contributed by atoms with E-state index in [1.54, 1.807) is 96.5 Å². The van der Waals surface area contributed by atoms with Gasteiger partial charge in [-0.25, -0.2) is 29.5 Å². The molecule has 23 heteroatoms. The van der Waals surface area contributed by atoms with Gasteiger partial charge in [0.2, 0.25) is 6.08 Å². The van der Waals surface area contributed by atoms with Crippen molar-refractivity contribution in [3.63, 3.8) is 0 Å². The van der Waals surface area contributed by atoms with Crippen LogP contribution >= 0.6 is 11.3 Å². The van der Waals surface area contributed by atoms with Crippen molar-refractivity contribution in [2.75, 3.05) is 16.4 Å². The summed E-state index contributed by atoms with van der Waals surface area (Å²) in [6.07, 6.45) is -11.2. The molecule has 2 amide bonds. The van der Waals surface area contributed by atoms with Gasteiger partial charge in [-0.05, 0) is 72.8 Å². The molecule has 10 rings (SSSR count). The van der Waals surface area contributed by atoms with Crippen LogP contribution in [0, 0.1) is 0 Å². The van der Waals surface area contributed by atoms with Gasteiger partial charge in [0.1, 0.15) is 22.9 Å². The van der Waals surface area contributed by atoms with Crippen LogP contribution in [0.3, 0.4) is 0 Å². The Hall–Kier alpha value is -9.60. The molecule has 0 fully saturated rings. The standard InChI is InChI=1S/C20H13F3N4O2S.C17H9F3N2O2.C16H11F3N2O/c21-20(22,23)29-14-5-1-4-13(11-14)15-8-7-12-3-2-6-16(17(12)25-15)26-18(28)27-19-24-9-10-30-19;18-17(19,20)24-13-5-1-4-12(9-13)14-8-7-11-3-2-6-15(21-10-23)16(11)22-14;17-16(18,19)22-12-5-1-4-11(9-12)14-8-7-10-3-2-6-13(20)15(10)21-14/h1-11H,(H2,24,26,27,28);1-9H;1-9H,20H2. The lowest BCUT2D eigenvalue weighted by molar-refractivity contribution is -0.275. The monoisotopic (exact) mass is 1060 g/mol. The number of anilines is 3. The zero-order chi connectivity index (χ0) is 54.0. The first-order chi connectivity index (χ1) is 36.3. The minimum Gasteiger partial charge on any atom is -0.406 e. The lowest BCUT2D eigenvalue weighted by Gasteiger charge is -2.11. The number of hydrogen-bond donors (Lipinski definition) is 3. The van der Waals surface area contributed by atoms with E-state index in [0.29, 0.717) is 72.5 Å². The van der Waals surface area contributed by atoms with E-state index in [4.69, 9.17) is 5.73 Å². The Morgan fingerprint density at radius 1 is 0.526 bits per heavy atom. The van der Waals surface area contributed by atoms with E-state index >= 15 is 0 Å². The quantitative estimate of drug-likeness (QED) is 0.0546. The molecule has 0 aliphatic rings. The van der Waals surface area contributed by atoms with Crippen LogP contribution in [0.25, 0.3) is 66.5 Å². The number of fused-ring (bicyclic) bond motifs is 3. The van der Waals surface area contributed by atoms with Crippen LogP contribution in [0.15, 0.2) is 180 Å². The summed E-state index contributed by atoms with van der Waals surface area (Å²) in [7, 11) is 0. The maximum absolute atomic E-state index is 12.5. The van der Waals surface area contributed by atoms with Gasteiger partial charge in [-0.1, -0.05) is 91.0 Å². The molecule has 0 saturated heterocycles. The number of thiazole rings is 1. The number of isocyanates is 1. The van der Waals surface area contributed by atoms with E-state index < -0.39 is 25.1 Å². The van der Waals surface area contributed by atoms with Gasteiger partial charge >= 0.3 is 25.1 Å². The van der Waals surface area contributed by atoms with E-state index in [1.165, 1.54) is 72.0 Å². The number of aliphatic imine (C=N–C) groups is 1. The second-order valence-corrected chi connectivity index (χ2v) is 16.5. The lowest BCUT2D eigenvalue weighted by atomic mass is 10.1. The number of ether oxygens (including phenoxy) is 3. The smallest absolute Gasteiger partial charge is 0.406 e. The normalized spacial score (nSPS) is 11.3. The third-order valence-corrected chi connectivity index (χ3v) is 11.0. The highest BCUT2D eigenvalue weighted by molar-refractivity contribution is 7.13. The Kier molecular flexibility index (Phi) is 15.7. The highest BCUT2D eigenvalue weighted by atomic mass is 32.1. The third kappa shape index (κ3) is 14.3. The molecule has 0 saturated carbocycles. The van der Waals surface area contributed by atoms with Crippen LogP contribution in [0.1, 0.15) is 0 Å². The van der Waals surface area contributed by atoms with E-state index in [0.717, 1.165) is 16.2 Å². The first kappa shape index (κ1) is 52.7. The van der Waals surface area contributed by atoms with Gasteiger partial charge < -0.3 is 25.3 Å². The molecule has 4 N–H and O–H groups in total. The second kappa shape index (κ2) is 22.7. The summed E-state index contributed by atoms with van der Waals surface area (Å²) < 4.78 is 123. The molecule has 0 unspecified atom stereocenters.